The van der Waals surface area contributed by atoms with Gasteiger partial charge in [-0.2, -0.15) is 17.9 Å². The molecule has 0 aliphatic heterocycles. The number of hydrogen-bond acceptors (Lipinski definition) is 7. The molecule has 0 fully saturated rings. The second-order valence-electron chi connectivity index (χ2n) is 7.72. The minimum absolute atomic E-state index is 0.0829. The normalized spacial score (nSPS) is 13.7. The summed E-state index contributed by atoms with van der Waals surface area (Å²) in [6.07, 6.45) is -7.70. The molecule has 0 amide bonds. The van der Waals surface area contributed by atoms with Crippen LogP contribution in [0, 0.1) is 5.82 Å². The van der Waals surface area contributed by atoms with Crippen molar-refractivity contribution in [2.24, 2.45) is 0 Å². The minimum Gasteiger partial charge on any atom is -0.385 e. The van der Waals surface area contributed by atoms with Gasteiger partial charge in [-0.25, -0.2) is 23.8 Å². The Kier molecular flexibility index (Phi) is 6.93. The molecule has 3 aromatic heterocycles. The van der Waals surface area contributed by atoms with Gasteiger partial charge in [0, 0.05) is 16.8 Å². The lowest BCUT2D eigenvalue weighted by atomic mass is 10.2. The summed E-state index contributed by atoms with van der Waals surface area (Å²) in [6.45, 7) is -0.181. The third-order valence-corrected chi connectivity index (χ3v) is 5.29. The van der Waals surface area contributed by atoms with Gasteiger partial charge >= 0.3 is 11.9 Å². The number of halogens is 5. The highest BCUT2D eigenvalue weighted by Crippen LogP contribution is 2.24. The molecule has 0 aliphatic rings. The van der Waals surface area contributed by atoms with E-state index in [4.69, 9.17) is 11.6 Å². The van der Waals surface area contributed by atoms with Crippen molar-refractivity contribution >= 4 is 11.6 Å². The van der Waals surface area contributed by atoms with Crippen molar-refractivity contribution < 1.29 is 27.8 Å². The monoisotopic (exact) mass is 527 g/mol. The summed E-state index contributed by atoms with van der Waals surface area (Å²) >= 11 is 5.88. The van der Waals surface area contributed by atoms with Gasteiger partial charge < -0.3 is 10.2 Å². The van der Waals surface area contributed by atoms with Crippen LogP contribution in [-0.2, 0) is 13.1 Å². The van der Waals surface area contributed by atoms with Crippen molar-refractivity contribution in [2.75, 3.05) is 0 Å². The molecule has 3 heterocycles. The van der Waals surface area contributed by atoms with Crippen molar-refractivity contribution in [2.45, 2.75) is 38.4 Å². The first kappa shape index (κ1) is 25.5. The van der Waals surface area contributed by atoms with Crippen molar-refractivity contribution in [3.63, 3.8) is 0 Å². The van der Waals surface area contributed by atoms with Gasteiger partial charge in [0.05, 0.1) is 6.54 Å². The second-order valence-corrected chi connectivity index (χ2v) is 8.16. The number of rotatable bonds is 7. The Labute approximate surface area is 205 Å². The van der Waals surface area contributed by atoms with Gasteiger partial charge in [-0.05, 0) is 43.3 Å². The molecule has 190 valence electrons. The molecular formula is C21H18ClF4N7O3. The summed E-state index contributed by atoms with van der Waals surface area (Å²) in [5.41, 5.74) is -0.717. The van der Waals surface area contributed by atoms with Crippen molar-refractivity contribution in [1.82, 2.24) is 34.1 Å². The lowest BCUT2D eigenvalue weighted by Gasteiger charge is -2.15. The van der Waals surface area contributed by atoms with Crippen LogP contribution in [0.3, 0.4) is 0 Å². The second kappa shape index (κ2) is 9.79. The zero-order valence-electron chi connectivity index (χ0n) is 18.4. The van der Waals surface area contributed by atoms with Crippen LogP contribution < -0.4 is 5.69 Å². The highest BCUT2D eigenvalue weighted by Gasteiger charge is 2.39. The number of pyridine rings is 1. The van der Waals surface area contributed by atoms with E-state index in [1.54, 1.807) is 0 Å². The highest BCUT2D eigenvalue weighted by molar-refractivity contribution is 6.30. The molecule has 0 aliphatic carbocycles. The van der Waals surface area contributed by atoms with E-state index >= 15 is 0 Å². The summed E-state index contributed by atoms with van der Waals surface area (Å²) in [6, 6.07) is 8.32. The van der Waals surface area contributed by atoms with E-state index in [1.165, 1.54) is 43.5 Å². The predicted octanol–water partition coefficient (Wildman–Crippen LogP) is 2.50. The van der Waals surface area contributed by atoms with Crippen LogP contribution >= 0.6 is 11.6 Å². The maximum Gasteiger partial charge on any atom is 0.416 e. The Morgan fingerprint density at radius 2 is 1.81 bits per heavy atom. The average Bonchev–Trinajstić information content (AvgIpc) is 3.36. The molecule has 2 atom stereocenters. The molecule has 0 saturated carbocycles. The summed E-state index contributed by atoms with van der Waals surface area (Å²) in [4.78, 5) is 21.0. The number of aliphatic hydroxyl groups excluding tert-OH is 2. The molecule has 0 spiro atoms. The van der Waals surface area contributed by atoms with Crippen molar-refractivity contribution in [3.05, 3.63) is 75.6 Å². The molecule has 4 rings (SSSR count). The summed E-state index contributed by atoms with van der Waals surface area (Å²) in [5, 5.41) is 28.2. The van der Waals surface area contributed by atoms with E-state index in [1.807, 2.05) is 0 Å². The van der Waals surface area contributed by atoms with Crippen LogP contribution in [0.25, 0.3) is 17.2 Å². The van der Waals surface area contributed by atoms with Crippen LogP contribution in [0.15, 0.2) is 47.4 Å². The maximum atomic E-state index is 14.3. The van der Waals surface area contributed by atoms with Gasteiger partial charge in [0.2, 0.25) is 0 Å². The topological polar surface area (TPSA) is 124 Å². The third-order valence-electron chi connectivity index (χ3n) is 5.04. The largest absolute Gasteiger partial charge is 0.416 e. The number of hydrogen-bond donors (Lipinski definition) is 2. The van der Waals surface area contributed by atoms with Crippen molar-refractivity contribution in [1.29, 1.82) is 0 Å². The van der Waals surface area contributed by atoms with Gasteiger partial charge in [0.1, 0.15) is 12.6 Å². The fourth-order valence-electron chi connectivity index (χ4n) is 3.33. The van der Waals surface area contributed by atoms with Crippen LogP contribution in [0.1, 0.15) is 24.7 Å². The zero-order valence-corrected chi connectivity index (χ0v) is 19.2. The zero-order chi connectivity index (χ0) is 26.2. The summed E-state index contributed by atoms with van der Waals surface area (Å²) < 4.78 is 55.8. The fourth-order valence-corrected chi connectivity index (χ4v) is 3.45. The van der Waals surface area contributed by atoms with E-state index in [0.717, 1.165) is 15.4 Å². The van der Waals surface area contributed by atoms with Crippen LogP contribution in [0.4, 0.5) is 17.6 Å². The van der Waals surface area contributed by atoms with E-state index in [9.17, 15) is 32.6 Å². The quantitative estimate of drug-likeness (QED) is 0.354. The lowest BCUT2D eigenvalue weighted by molar-refractivity contribution is -0.207. The minimum atomic E-state index is -4.97. The van der Waals surface area contributed by atoms with Gasteiger partial charge in [-0.15, -0.1) is 10.2 Å². The Balaban J connectivity index is 1.78. The molecule has 0 bridgehead atoms. The van der Waals surface area contributed by atoms with Crippen LogP contribution in [-0.4, -0.2) is 56.6 Å². The smallest absolute Gasteiger partial charge is 0.385 e. The van der Waals surface area contributed by atoms with Crippen LogP contribution in [0.2, 0.25) is 5.02 Å². The van der Waals surface area contributed by atoms with Gasteiger partial charge in [0.15, 0.2) is 35.2 Å². The molecule has 0 saturated heterocycles. The molecule has 2 unspecified atom stereocenters. The standard InChI is InChI=1S/C21H18ClF4N7O3/c1-11(34)17-28-16(29-33(17)19-14(23)3-2-8-27-19)10-32-20(36)31(9-15(35)21(24,25)26)18(30-32)12-4-6-13(22)7-5-12/h2-8,11,15,34-35H,9-10H2,1H3. The Morgan fingerprint density at radius 1 is 1.11 bits per heavy atom. The molecule has 1 aromatic carbocycles. The summed E-state index contributed by atoms with van der Waals surface area (Å²) in [7, 11) is 0. The molecule has 36 heavy (non-hydrogen) atoms. The van der Waals surface area contributed by atoms with Gasteiger partial charge in [0.25, 0.3) is 0 Å². The number of benzene rings is 1. The molecule has 4 aromatic rings. The number of alkyl halides is 3. The Bertz CT molecular complexity index is 1430. The van der Waals surface area contributed by atoms with E-state index < -0.39 is 43.0 Å². The first-order valence-corrected chi connectivity index (χ1v) is 10.8. The first-order valence-electron chi connectivity index (χ1n) is 10.4. The molecule has 2 N–H and O–H groups in total. The molecule has 15 heteroatoms. The molecule has 0 radical (unpaired) electrons. The van der Waals surface area contributed by atoms with E-state index in [0.29, 0.717) is 9.59 Å². The van der Waals surface area contributed by atoms with E-state index in [2.05, 4.69) is 20.2 Å². The van der Waals surface area contributed by atoms with Crippen LogP contribution in [0.5, 0.6) is 0 Å². The maximum absolute atomic E-state index is 14.3. The Morgan fingerprint density at radius 3 is 2.42 bits per heavy atom. The average molecular weight is 528 g/mol. The van der Waals surface area contributed by atoms with Crippen molar-refractivity contribution in [3.8, 4) is 17.2 Å². The molecule has 10 nitrogen and oxygen atoms in total. The summed E-state index contributed by atoms with van der Waals surface area (Å²) in [5.74, 6) is -1.34. The molecular weight excluding hydrogens is 510 g/mol. The highest BCUT2D eigenvalue weighted by atomic mass is 35.5. The Hall–Kier alpha value is -3.62. The first-order chi connectivity index (χ1) is 17.0. The number of aromatic nitrogens is 7. The SMILES string of the molecule is CC(O)c1nc(Cn2nc(-c3ccc(Cl)cc3)n(CC(O)C(F)(F)F)c2=O)nn1-c1ncccc1F. The number of aliphatic hydroxyl groups is 2. The van der Waals surface area contributed by atoms with Gasteiger partial charge in [-0.1, -0.05) is 11.6 Å². The predicted molar refractivity (Wildman–Crippen MR) is 118 cm³/mol. The lowest BCUT2D eigenvalue weighted by Crippen LogP contribution is -2.37. The fraction of sp³-hybridized carbons (Fsp3) is 0.286. The van der Waals surface area contributed by atoms with E-state index in [-0.39, 0.29) is 28.9 Å². The number of nitrogens with zero attached hydrogens (tertiary/aromatic N) is 7. The van der Waals surface area contributed by atoms with Gasteiger partial charge in [-0.3, -0.25) is 4.57 Å². The third kappa shape index (κ3) is 5.15.